The highest BCUT2D eigenvalue weighted by molar-refractivity contribution is 7.89. The molecule has 21 heavy (non-hydrogen) atoms. The van der Waals surface area contributed by atoms with Gasteiger partial charge in [-0.2, -0.15) is 15.6 Å². The topological polar surface area (TPSA) is 63.4 Å². The fraction of sp³-hybridized carbons (Fsp3) is 0.286. The molecule has 1 saturated heterocycles. The zero-order chi connectivity index (χ0) is 15.0. The maximum Gasteiger partial charge on any atom is 0.245 e. The van der Waals surface area contributed by atoms with Crippen LogP contribution in [-0.2, 0) is 10.0 Å². The zero-order valence-electron chi connectivity index (χ0n) is 11.2. The van der Waals surface area contributed by atoms with E-state index in [0.717, 1.165) is 24.5 Å². The Morgan fingerprint density at radius 2 is 2.14 bits per heavy atom. The summed E-state index contributed by atoms with van der Waals surface area (Å²) >= 11 is 1.53. The molecule has 0 bridgehead atoms. The van der Waals surface area contributed by atoms with E-state index in [2.05, 4.69) is 0 Å². The highest BCUT2D eigenvalue weighted by Crippen LogP contribution is 2.38. The summed E-state index contributed by atoms with van der Waals surface area (Å²) in [7, 11) is -3.79. The lowest BCUT2D eigenvalue weighted by Crippen LogP contribution is -2.31. The van der Waals surface area contributed by atoms with E-state index < -0.39 is 15.8 Å². The van der Waals surface area contributed by atoms with Crippen molar-refractivity contribution in [3.8, 4) is 0 Å². The molecule has 1 aliphatic rings. The van der Waals surface area contributed by atoms with Crippen LogP contribution in [0.1, 0.15) is 24.4 Å². The summed E-state index contributed by atoms with van der Waals surface area (Å²) in [4.78, 5) is -0.148. The normalized spacial score (nSPS) is 20.0. The number of anilines is 1. The van der Waals surface area contributed by atoms with E-state index in [1.165, 1.54) is 27.8 Å². The number of thiophene rings is 1. The Morgan fingerprint density at radius 1 is 1.33 bits per heavy atom. The van der Waals surface area contributed by atoms with E-state index in [-0.39, 0.29) is 16.6 Å². The van der Waals surface area contributed by atoms with Crippen LogP contribution < -0.4 is 5.73 Å². The Morgan fingerprint density at radius 3 is 2.86 bits per heavy atom. The maximum absolute atomic E-state index is 13.6. The summed E-state index contributed by atoms with van der Waals surface area (Å²) in [6.07, 6.45) is 1.56. The molecule has 0 radical (unpaired) electrons. The average Bonchev–Trinajstić information content (AvgIpc) is 3.11. The van der Waals surface area contributed by atoms with Gasteiger partial charge in [-0.1, -0.05) is 6.07 Å². The number of para-hydroxylation sites is 1. The molecule has 1 fully saturated rings. The van der Waals surface area contributed by atoms with Crippen LogP contribution in [-0.4, -0.2) is 19.3 Å². The molecule has 2 N–H and O–H groups in total. The van der Waals surface area contributed by atoms with Crippen molar-refractivity contribution in [2.75, 3.05) is 12.3 Å². The van der Waals surface area contributed by atoms with Crippen molar-refractivity contribution < 1.29 is 12.8 Å². The van der Waals surface area contributed by atoms with Gasteiger partial charge in [-0.05, 0) is 47.4 Å². The largest absolute Gasteiger partial charge is 0.395 e. The molecule has 1 aliphatic heterocycles. The number of nitrogens with two attached hydrogens (primary N) is 1. The van der Waals surface area contributed by atoms with Crippen LogP contribution in [0.15, 0.2) is 39.9 Å². The molecule has 1 aromatic heterocycles. The fourth-order valence-electron chi connectivity index (χ4n) is 2.69. The van der Waals surface area contributed by atoms with Crippen LogP contribution in [0.5, 0.6) is 0 Å². The number of halogens is 1. The standard InChI is InChI=1S/C14H15FN2O2S2/c15-11-3-1-5-13(14(11)16)21(18,19)17-7-2-4-12(17)10-6-8-20-9-10/h1,3,5-6,8-9,12H,2,4,7,16H2. The molecule has 0 spiro atoms. The number of hydrogen-bond donors (Lipinski definition) is 1. The van der Waals surface area contributed by atoms with E-state index in [4.69, 9.17) is 5.73 Å². The van der Waals surface area contributed by atoms with Crippen molar-refractivity contribution in [1.82, 2.24) is 4.31 Å². The summed E-state index contributed by atoms with van der Waals surface area (Å²) < 4.78 is 40.6. The van der Waals surface area contributed by atoms with E-state index >= 15 is 0 Å². The predicted octanol–water partition coefficient (Wildman–Crippen LogP) is 3.00. The van der Waals surface area contributed by atoms with Gasteiger partial charge in [0.1, 0.15) is 10.7 Å². The van der Waals surface area contributed by atoms with Gasteiger partial charge in [-0.15, -0.1) is 0 Å². The van der Waals surface area contributed by atoms with Gasteiger partial charge < -0.3 is 5.73 Å². The SMILES string of the molecule is Nc1c(F)cccc1S(=O)(=O)N1CCCC1c1ccsc1. The first-order valence-corrected chi connectivity index (χ1v) is 8.98. The summed E-state index contributed by atoms with van der Waals surface area (Å²) in [6.45, 7) is 0.429. The van der Waals surface area contributed by atoms with Crippen LogP contribution >= 0.6 is 11.3 Å². The van der Waals surface area contributed by atoms with Crippen molar-refractivity contribution in [2.45, 2.75) is 23.8 Å². The first-order chi connectivity index (χ1) is 10.0. The molecule has 3 rings (SSSR count). The molecule has 4 nitrogen and oxygen atoms in total. The smallest absolute Gasteiger partial charge is 0.245 e. The fourth-order valence-corrected chi connectivity index (χ4v) is 5.21. The molecule has 0 amide bonds. The number of hydrogen-bond acceptors (Lipinski definition) is 4. The first kappa shape index (κ1) is 14.5. The third-order valence-electron chi connectivity index (χ3n) is 3.73. The molecule has 0 aliphatic carbocycles. The van der Waals surface area contributed by atoms with Crippen LogP contribution in [0.3, 0.4) is 0 Å². The minimum absolute atomic E-state index is 0.148. The highest BCUT2D eigenvalue weighted by Gasteiger charge is 2.37. The van der Waals surface area contributed by atoms with Crippen LogP contribution in [0, 0.1) is 5.82 Å². The van der Waals surface area contributed by atoms with Crippen molar-refractivity contribution in [1.29, 1.82) is 0 Å². The number of sulfonamides is 1. The molecule has 112 valence electrons. The van der Waals surface area contributed by atoms with Gasteiger partial charge >= 0.3 is 0 Å². The summed E-state index contributed by atoms with van der Waals surface area (Å²) in [5.74, 6) is -0.706. The lowest BCUT2D eigenvalue weighted by Gasteiger charge is -2.24. The number of nitrogens with zero attached hydrogens (tertiary/aromatic N) is 1. The summed E-state index contributed by atoms with van der Waals surface area (Å²) in [6, 6.07) is 5.63. The van der Waals surface area contributed by atoms with Crippen molar-refractivity contribution in [3.63, 3.8) is 0 Å². The second-order valence-corrected chi connectivity index (χ2v) is 7.62. The molecule has 7 heteroatoms. The molecule has 1 unspecified atom stereocenters. The zero-order valence-corrected chi connectivity index (χ0v) is 12.8. The number of nitrogen functional groups attached to an aromatic ring is 1. The third-order valence-corrected chi connectivity index (χ3v) is 6.40. The Bertz CT molecular complexity index is 744. The first-order valence-electron chi connectivity index (χ1n) is 6.60. The lowest BCUT2D eigenvalue weighted by atomic mass is 10.1. The van der Waals surface area contributed by atoms with E-state index in [0.29, 0.717) is 6.54 Å². The monoisotopic (exact) mass is 326 g/mol. The second-order valence-electron chi connectivity index (χ2n) is 4.98. The number of rotatable bonds is 3. The Kier molecular flexibility index (Phi) is 3.73. The molecule has 2 heterocycles. The Labute approximate surface area is 127 Å². The maximum atomic E-state index is 13.6. The van der Waals surface area contributed by atoms with Gasteiger partial charge in [-0.3, -0.25) is 0 Å². The molecule has 1 atom stereocenters. The van der Waals surface area contributed by atoms with E-state index in [1.807, 2.05) is 16.8 Å². The Balaban J connectivity index is 2.03. The van der Waals surface area contributed by atoms with Gasteiger partial charge in [-0.25, -0.2) is 12.8 Å². The van der Waals surface area contributed by atoms with Gasteiger partial charge in [0.25, 0.3) is 0 Å². The van der Waals surface area contributed by atoms with Crippen LogP contribution in [0.25, 0.3) is 0 Å². The van der Waals surface area contributed by atoms with Gasteiger partial charge in [0.05, 0.1) is 11.7 Å². The van der Waals surface area contributed by atoms with E-state index in [9.17, 15) is 12.8 Å². The number of benzene rings is 1. The minimum atomic E-state index is -3.79. The quantitative estimate of drug-likeness (QED) is 0.882. The summed E-state index contributed by atoms with van der Waals surface area (Å²) in [5.41, 5.74) is 6.29. The third kappa shape index (κ3) is 2.45. The molecule has 0 saturated carbocycles. The summed E-state index contributed by atoms with van der Waals surface area (Å²) in [5, 5.41) is 3.88. The van der Waals surface area contributed by atoms with Crippen molar-refractivity contribution in [3.05, 3.63) is 46.4 Å². The molecule has 1 aromatic carbocycles. The molecular formula is C14H15FN2O2S2. The second kappa shape index (κ2) is 5.40. The van der Waals surface area contributed by atoms with Gasteiger partial charge in [0.15, 0.2) is 0 Å². The lowest BCUT2D eigenvalue weighted by molar-refractivity contribution is 0.397. The predicted molar refractivity (Wildman–Crippen MR) is 81.0 cm³/mol. The molecular weight excluding hydrogens is 311 g/mol. The van der Waals surface area contributed by atoms with Crippen molar-refractivity contribution in [2.24, 2.45) is 0 Å². The Hall–Kier alpha value is -1.44. The minimum Gasteiger partial charge on any atom is -0.395 e. The van der Waals surface area contributed by atoms with Crippen molar-refractivity contribution >= 4 is 27.0 Å². The van der Waals surface area contributed by atoms with Crippen LogP contribution in [0.2, 0.25) is 0 Å². The van der Waals surface area contributed by atoms with Gasteiger partial charge in [0.2, 0.25) is 10.0 Å². The highest BCUT2D eigenvalue weighted by atomic mass is 32.2. The molecule has 2 aromatic rings. The van der Waals surface area contributed by atoms with Gasteiger partial charge in [0, 0.05) is 6.54 Å². The van der Waals surface area contributed by atoms with E-state index in [1.54, 1.807) is 0 Å². The average molecular weight is 326 g/mol. The van der Waals surface area contributed by atoms with Crippen LogP contribution in [0.4, 0.5) is 10.1 Å².